The summed E-state index contributed by atoms with van der Waals surface area (Å²) < 4.78 is 13.2. The fourth-order valence-electron chi connectivity index (χ4n) is 1.74. The lowest BCUT2D eigenvalue weighted by Crippen LogP contribution is -2.28. The van der Waals surface area contributed by atoms with Crippen molar-refractivity contribution >= 4 is 34.8 Å². The van der Waals surface area contributed by atoms with Crippen molar-refractivity contribution in [2.45, 2.75) is 6.92 Å². The molecule has 1 aromatic heterocycles. The molecule has 0 aliphatic carbocycles. The number of hydrogen-bond donors (Lipinski definition) is 2. The van der Waals surface area contributed by atoms with E-state index in [2.05, 4.69) is 15.6 Å². The van der Waals surface area contributed by atoms with E-state index in [-0.39, 0.29) is 30.0 Å². The van der Waals surface area contributed by atoms with Crippen molar-refractivity contribution in [1.29, 1.82) is 0 Å². The second kappa shape index (κ2) is 8.07. The molecule has 114 valence electrons. The summed E-state index contributed by atoms with van der Waals surface area (Å²) in [6.07, 6.45) is 0. The molecule has 1 atom stereocenters. The van der Waals surface area contributed by atoms with Crippen molar-refractivity contribution in [3.05, 3.63) is 35.5 Å². The smallest absolute Gasteiger partial charge is 0.230 e. The second-order valence-electron chi connectivity index (χ2n) is 4.50. The van der Waals surface area contributed by atoms with Crippen LogP contribution in [0.5, 0.6) is 0 Å². The highest BCUT2D eigenvalue weighted by Gasteiger charge is 2.14. The first kappa shape index (κ1) is 17.6. The molecule has 1 aromatic carbocycles. The number of carbonyl (C=O) groups is 1. The minimum atomic E-state index is -0.302. The number of amides is 1. The number of nitrogens with zero attached hydrogens (tertiary/aromatic N) is 1. The predicted molar refractivity (Wildman–Crippen MR) is 86.5 cm³/mol. The van der Waals surface area contributed by atoms with Crippen LogP contribution in [0.2, 0.25) is 0 Å². The Balaban J connectivity index is 0.00000220. The van der Waals surface area contributed by atoms with Gasteiger partial charge in [0.05, 0.1) is 5.69 Å². The van der Waals surface area contributed by atoms with Crippen molar-refractivity contribution in [1.82, 2.24) is 10.3 Å². The third-order valence-electron chi connectivity index (χ3n) is 2.81. The molecule has 4 nitrogen and oxygen atoms in total. The number of halogens is 2. The molecule has 1 amide bonds. The minimum Gasteiger partial charge on any atom is -0.319 e. The SMILES string of the molecule is CNCC(C)C(=O)Nc1nc(-c2cccc(F)c2)cs1.Cl. The van der Waals surface area contributed by atoms with Crippen LogP contribution in [-0.2, 0) is 4.79 Å². The Hall–Kier alpha value is -1.50. The lowest BCUT2D eigenvalue weighted by atomic mass is 10.1. The minimum absolute atomic E-state index is 0. The standard InChI is InChI=1S/C14H16FN3OS.ClH/c1-9(7-16-2)13(19)18-14-17-12(8-20-14)10-4-3-5-11(15)6-10;/h3-6,8-9,16H,7H2,1-2H3,(H,17,18,19);1H. The normalized spacial score (nSPS) is 11.6. The Morgan fingerprint density at radius 1 is 1.48 bits per heavy atom. The molecule has 1 unspecified atom stereocenters. The van der Waals surface area contributed by atoms with Crippen molar-refractivity contribution in [3.63, 3.8) is 0 Å². The van der Waals surface area contributed by atoms with Crippen LogP contribution in [-0.4, -0.2) is 24.5 Å². The highest BCUT2D eigenvalue weighted by molar-refractivity contribution is 7.14. The third kappa shape index (κ3) is 4.77. The third-order valence-corrected chi connectivity index (χ3v) is 3.57. The van der Waals surface area contributed by atoms with Crippen LogP contribution >= 0.6 is 23.7 Å². The topological polar surface area (TPSA) is 54.0 Å². The maximum absolute atomic E-state index is 13.2. The summed E-state index contributed by atoms with van der Waals surface area (Å²) in [7, 11) is 1.80. The zero-order chi connectivity index (χ0) is 14.5. The number of hydrogen-bond acceptors (Lipinski definition) is 4. The quantitative estimate of drug-likeness (QED) is 0.886. The maximum atomic E-state index is 13.2. The number of carbonyl (C=O) groups excluding carboxylic acids is 1. The Kier molecular flexibility index (Phi) is 6.74. The fourth-order valence-corrected chi connectivity index (χ4v) is 2.46. The zero-order valence-corrected chi connectivity index (χ0v) is 13.4. The van der Waals surface area contributed by atoms with Crippen LogP contribution in [0.1, 0.15) is 6.92 Å². The van der Waals surface area contributed by atoms with Gasteiger partial charge in [-0.05, 0) is 19.2 Å². The van der Waals surface area contributed by atoms with Gasteiger partial charge < -0.3 is 10.6 Å². The summed E-state index contributed by atoms with van der Waals surface area (Å²) in [5.74, 6) is -0.523. The molecule has 0 saturated heterocycles. The van der Waals surface area contributed by atoms with Gasteiger partial charge >= 0.3 is 0 Å². The molecule has 2 aromatic rings. The van der Waals surface area contributed by atoms with E-state index in [0.717, 1.165) is 0 Å². The molecule has 0 fully saturated rings. The molecule has 0 radical (unpaired) electrons. The number of aromatic nitrogens is 1. The van der Waals surface area contributed by atoms with Crippen molar-refractivity contribution in [3.8, 4) is 11.3 Å². The van der Waals surface area contributed by atoms with Gasteiger partial charge in [-0.1, -0.05) is 19.1 Å². The summed E-state index contributed by atoms with van der Waals surface area (Å²) >= 11 is 1.33. The number of rotatable bonds is 5. The summed E-state index contributed by atoms with van der Waals surface area (Å²) in [5.41, 5.74) is 1.36. The van der Waals surface area contributed by atoms with Gasteiger partial charge in [0.2, 0.25) is 5.91 Å². The number of thiazole rings is 1. The van der Waals surface area contributed by atoms with Crippen molar-refractivity contribution in [2.24, 2.45) is 5.92 Å². The number of benzene rings is 1. The van der Waals surface area contributed by atoms with Crippen molar-refractivity contribution < 1.29 is 9.18 Å². The van der Waals surface area contributed by atoms with Gasteiger partial charge in [-0.2, -0.15) is 0 Å². The van der Waals surface area contributed by atoms with Crippen LogP contribution in [0.15, 0.2) is 29.6 Å². The van der Waals surface area contributed by atoms with E-state index in [1.807, 2.05) is 6.92 Å². The van der Waals surface area contributed by atoms with Gasteiger partial charge in [0, 0.05) is 23.4 Å². The molecule has 0 bridgehead atoms. The molecule has 0 saturated carbocycles. The molecular weight excluding hydrogens is 313 g/mol. The van der Waals surface area contributed by atoms with Gasteiger partial charge in [-0.15, -0.1) is 23.7 Å². The molecule has 21 heavy (non-hydrogen) atoms. The second-order valence-corrected chi connectivity index (χ2v) is 5.35. The average Bonchev–Trinajstić information content (AvgIpc) is 2.87. The van der Waals surface area contributed by atoms with Crippen LogP contribution in [0.25, 0.3) is 11.3 Å². The highest BCUT2D eigenvalue weighted by Crippen LogP contribution is 2.25. The van der Waals surface area contributed by atoms with Crippen LogP contribution in [0, 0.1) is 11.7 Å². The van der Waals surface area contributed by atoms with Crippen LogP contribution < -0.4 is 10.6 Å². The summed E-state index contributed by atoms with van der Waals surface area (Å²) in [6, 6.07) is 6.23. The van der Waals surface area contributed by atoms with Gasteiger partial charge in [-0.25, -0.2) is 9.37 Å². The van der Waals surface area contributed by atoms with Gasteiger partial charge in [0.1, 0.15) is 5.82 Å². The van der Waals surface area contributed by atoms with Gasteiger partial charge in [0.15, 0.2) is 5.13 Å². The summed E-state index contributed by atoms with van der Waals surface area (Å²) in [4.78, 5) is 16.2. The van der Waals surface area contributed by atoms with E-state index < -0.39 is 0 Å². The first-order chi connectivity index (χ1) is 9.60. The molecule has 0 aliphatic heterocycles. The van der Waals surface area contributed by atoms with E-state index >= 15 is 0 Å². The van der Waals surface area contributed by atoms with Gasteiger partial charge in [0.25, 0.3) is 0 Å². The number of nitrogens with one attached hydrogen (secondary N) is 2. The molecule has 2 rings (SSSR count). The Morgan fingerprint density at radius 3 is 2.90 bits per heavy atom. The molecule has 1 heterocycles. The number of anilines is 1. The van der Waals surface area contributed by atoms with E-state index in [1.54, 1.807) is 24.6 Å². The average molecular weight is 330 g/mol. The lowest BCUT2D eigenvalue weighted by molar-refractivity contribution is -0.119. The van der Waals surface area contributed by atoms with E-state index in [4.69, 9.17) is 0 Å². The monoisotopic (exact) mass is 329 g/mol. The Morgan fingerprint density at radius 2 is 2.24 bits per heavy atom. The fraction of sp³-hybridized carbons (Fsp3) is 0.286. The first-order valence-electron chi connectivity index (χ1n) is 6.27. The summed E-state index contributed by atoms with van der Waals surface area (Å²) in [6.45, 7) is 2.45. The first-order valence-corrected chi connectivity index (χ1v) is 7.15. The van der Waals surface area contributed by atoms with Crippen molar-refractivity contribution in [2.75, 3.05) is 18.9 Å². The molecule has 2 N–H and O–H groups in total. The lowest BCUT2D eigenvalue weighted by Gasteiger charge is -2.09. The Labute approximate surface area is 133 Å². The van der Waals surface area contributed by atoms with Crippen LogP contribution in [0.4, 0.5) is 9.52 Å². The largest absolute Gasteiger partial charge is 0.319 e. The van der Waals surface area contributed by atoms with Gasteiger partial charge in [-0.3, -0.25) is 4.79 Å². The molecule has 7 heteroatoms. The predicted octanol–water partition coefficient (Wildman–Crippen LogP) is 3.17. The zero-order valence-electron chi connectivity index (χ0n) is 11.7. The van der Waals surface area contributed by atoms with E-state index in [1.165, 1.54) is 23.5 Å². The molecular formula is C14H17ClFN3OS. The van der Waals surface area contributed by atoms with E-state index in [0.29, 0.717) is 22.9 Å². The van der Waals surface area contributed by atoms with Crippen LogP contribution in [0.3, 0.4) is 0 Å². The molecule has 0 aliphatic rings. The highest BCUT2D eigenvalue weighted by atomic mass is 35.5. The Bertz CT molecular complexity index is 605. The maximum Gasteiger partial charge on any atom is 0.230 e. The summed E-state index contributed by atoms with van der Waals surface area (Å²) in [5, 5.41) is 8.04. The van der Waals surface area contributed by atoms with E-state index in [9.17, 15) is 9.18 Å². The molecule has 0 spiro atoms.